The molecule has 4 aromatic rings. The van der Waals surface area contributed by atoms with Crippen molar-refractivity contribution in [2.45, 2.75) is 38.1 Å². The molecule has 3 N–H and O–H groups in total. The molecular formula is C29H29N6O4-. The van der Waals surface area contributed by atoms with E-state index in [4.69, 9.17) is 5.73 Å². The number of rotatable bonds is 9. The minimum absolute atomic E-state index is 0.0104. The van der Waals surface area contributed by atoms with Crippen molar-refractivity contribution in [3.63, 3.8) is 0 Å². The van der Waals surface area contributed by atoms with Crippen LogP contribution in [0, 0.1) is 5.21 Å². The van der Waals surface area contributed by atoms with Gasteiger partial charge in [0.05, 0.1) is 17.3 Å². The number of nitrogens with zero attached hydrogens (tertiary/aromatic N) is 5. The van der Waals surface area contributed by atoms with E-state index in [9.17, 15) is 19.9 Å². The highest BCUT2D eigenvalue weighted by Crippen LogP contribution is 2.22. The largest absolute Gasteiger partial charge is 0.756 e. The number of benzene rings is 2. The van der Waals surface area contributed by atoms with Crippen molar-refractivity contribution in [2.75, 3.05) is 6.54 Å². The molecule has 39 heavy (non-hydrogen) atoms. The summed E-state index contributed by atoms with van der Waals surface area (Å²) in [5.41, 5.74) is 9.42. The fourth-order valence-corrected chi connectivity index (χ4v) is 4.87. The Bertz CT molecular complexity index is 1460. The molecule has 2 aromatic carbocycles. The average molecular weight is 526 g/mol. The van der Waals surface area contributed by atoms with Crippen LogP contribution in [0.1, 0.15) is 32.7 Å². The zero-order chi connectivity index (χ0) is 27.4. The zero-order valence-electron chi connectivity index (χ0n) is 21.3. The summed E-state index contributed by atoms with van der Waals surface area (Å²) in [5, 5.41) is 28.4. The molecule has 1 aliphatic rings. The molecule has 0 fully saturated rings. The SMILES string of the molecule is NC(=O)C(O)C(Cc1ccccc1)N([O-])C(=O)c1cccnc1-n1ccc(CN2CCc3ccccc3C2)n1. The lowest BCUT2D eigenvalue weighted by Crippen LogP contribution is -2.50. The topological polar surface area (TPSA) is 141 Å². The molecule has 2 atom stereocenters. The van der Waals surface area contributed by atoms with E-state index in [0.717, 1.165) is 25.2 Å². The monoisotopic (exact) mass is 525 g/mol. The average Bonchev–Trinajstić information content (AvgIpc) is 3.43. The van der Waals surface area contributed by atoms with Crippen molar-refractivity contribution in [3.8, 4) is 5.82 Å². The van der Waals surface area contributed by atoms with Gasteiger partial charge >= 0.3 is 0 Å². The van der Waals surface area contributed by atoms with Crippen molar-refractivity contribution >= 4 is 11.8 Å². The summed E-state index contributed by atoms with van der Waals surface area (Å²) in [5.74, 6) is -1.87. The molecule has 200 valence electrons. The van der Waals surface area contributed by atoms with E-state index in [2.05, 4.69) is 33.2 Å². The molecule has 3 heterocycles. The van der Waals surface area contributed by atoms with E-state index in [1.54, 1.807) is 36.5 Å². The van der Waals surface area contributed by atoms with Gasteiger partial charge in [-0.1, -0.05) is 54.6 Å². The summed E-state index contributed by atoms with van der Waals surface area (Å²) in [4.78, 5) is 31.8. The molecule has 0 bridgehead atoms. The Labute approximate surface area is 225 Å². The third-order valence-electron chi connectivity index (χ3n) is 6.92. The smallest absolute Gasteiger partial charge is 0.248 e. The second kappa shape index (κ2) is 11.6. The molecule has 1 aliphatic heterocycles. The molecular weight excluding hydrogens is 496 g/mol. The summed E-state index contributed by atoms with van der Waals surface area (Å²) in [6.45, 7) is 2.36. The second-order valence-corrected chi connectivity index (χ2v) is 9.59. The summed E-state index contributed by atoms with van der Waals surface area (Å²) < 4.78 is 1.46. The Morgan fingerprint density at radius 2 is 1.77 bits per heavy atom. The minimum Gasteiger partial charge on any atom is -0.756 e. The summed E-state index contributed by atoms with van der Waals surface area (Å²) in [7, 11) is 0. The number of primary amides is 1. The zero-order valence-corrected chi connectivity index (χ0v) is 21.3. The van der Waals surface area contributed by atoms with Crippen molar-refractivity contribution in [2.24, 2.45) is 5.73 Å². The Kier molecular flexibility index (Phi) is 7.78. The molecule has 10 heteroatoms. The van der Waals surface area contributed by atoms with Gasteiger partial charge in [0.25, 0.3) is 0 Å². The predicted octanol–water partition coefficient (Wildman–Crippen LogP) is 2.22. The molecule has 0 aliphatic carbocycles. The second-order valence-electron chi connectivity index (χ2n) is 9.59. The number of carbonyl (C=O) groups excluding carboxylic acids is 2. The number of aromatic nitrogens is 3. The highest BCUT2D eigenvalue weighted by atomic mass is 16.5. The molecule has 0 spiro atoms. The fraction of sp³-hybridized carbons (Fsp3) is 0.241. The lowest BCUT2D eigenvalue weighted by Gasteiger charge is -2.39. The first-order valence-corrected chi connectivity index (χ1v) is 12.7. The minimum atomic E-state index is -1.85. The summed E-state index contributed by atoms with van der Waals surface area (Å²) >= 11 is 0. The third kappa shape index (κ3) is 5.88. The van der Waals surface area contributed by atoms with Gasteiger partial charge < -0.3 is 21.1 Å². The highest BCUT2D eigenvalue weighted by Gasteiger charge is 2.30. The number of nitrogens with two attached hydrogens (primary N) is 1. The molecule has 5 rings (SSSR count). The maximum Gasteiger partial charge on any atom is 0.248 e. The lowest BCUT2D eigenvalue weighted by atomic mass is 10.00. The van der Waals surface area contributed by atoms with E-state index < -0.39 is 24.0 Å². The van der Waals surface area contributed by atoms with E-state index in [0.29, 0.717) is 12.1 Å². The Morgan fingerprint density at radius 1 is 1.03 bits per heavy atom. The number of aliphatic hydroxyl groups is 1. The van der Waals surface area contributed by atoms with Crippen LogP contribution in [0.25, 0.3) is 5.82 Å². The van der Waals surface area contributed by atoms with Crippen LogP contribution >= 0.6 is 0 Å². The number of hydrogen-bond acceptors (Lipinski definition) is 7. The number of carbonyl (C=O) groups is 2. The van der Waals surface area contributed by atoms with Gasteiger partial charge in [-0.2, -0.15) is 5.10 Å². The summed E-state index contributed by atoms with van der Waals surface area (Å²) in [6.07, 6.45) is 2.26. The van der Waals surface area contributed by atoms with E-state index in [1.165, 1.54) is 34.1 Å². The van der Waals surface area contributed by atoms with Crippen molar-refractivity contribution in [1.82, 2.24) is 24.7 Å². The molecule has 0 saturated carbocycles. The van der Waals surface area contributed by atoms with Crippen molar-refractivity contribution in [3.05, 3.63) is 118 Å². The van der Waals surface area contributed by atoms with Crippen molar-refractivity contribution in [1.29, 1.82) is 0 Å². The quantitative estimate of drug-likeness (QED) is 0.319. The number of hydrogen-bond donors (Lipinski definition) is 2. The van der Waals surface area contributed by atoms with E-state index in [-0.39, 0.29) is 22.9 Å². The van der Waals surface area contributed by atoms with Gasteiger partial charge in [-0.3, -0.25) is 14.5 Å². The van der Waals surface area contributed by atoms with Gasteiger partial charge in [-0.25, -0.2) is 9.67 Å². The lowest BCUT2D eigenvalue weighted by molar-refractivity contribution is -0.128. The van der Waals surface area contributed by atoms with Gasteiger partial charge in [0.2, 0.25) is 11.8 Å². The van der Waals surface area contributed by atoms with E-state index in [1.807, 2.05) is 12.1 Å². The molecule has 10 nitrogen and oxygen atoms in total. The number of amides is 2. The maximum atomic E-state index is 13.4. The van der Waals surface area contributed by atoms with Crippen molar-refractivity contribution < 1.29 is 14.7 Å². The Morgan fingerprint density at radius 3 is 2.54 bits per heavy atom. The van der Waals surface area contributed by atoms with Gasteiger partial charge in [0.15, 0.2) is 11.9 Å². The van der Waals surface area contributed by atoms with E-state index >= 15 is 0 Å². The first kappa shape index (κ1) is 26.2. The fourth-order valence-electron chi connectivity index (χ4n) is 4.87. The van der Waals surface area contributed by atoms with Crippen LogP contribution < -0.4 is 5.73 Å². The van der Waals surface area contributed by atoms with Gasteiger partial charge in [-0.05, 0) is 47.7 Å². The molecule has 2 unspecified atom stereocenters. The van der Waals surface area contributed by atoms with Crippen LogP contribution in [0.3, 0.4) is 0 Å². The van der Waals surface area contributed by atoms with Crippen LogP contribution in [-0.2, 0) is 30.7 Å². The van der Waals surface area contributed by atoms with Crippen LogP contribution in [0.4, 0.5) is 0 Å². The van der Waals surface area contributed by atoms with Crippen LogP contribution in [-0.4, -0.2) is 60.3 Å². The standard InChI is InChI=1S/C29H29N6O4/c30-27(37)26(36)25(17-20-7-2-1-3-8-20)35(39)29(38)24-11-6-14-31-28(24)34-16-13-23(32-34)19-33-15-12-21-9-4-5-10-22(21)18-33/h1-11,13-14,16,25-26,36H,12,15,17-19H2,(H2,30,37)/q-1. The summed E-state index contributed by atoms with van der Waals surface area (Å²) in [6, 6.07) is 20.6. The first-order chi connectivity index (χ1) is 18.9. The predicted molar refractivity (Wildman–Crippen MR) is 144 cm³/mol. The number of pyridine rings is 1. The van der Waals surface area contributed by atoms with Gasteiger partial charge in [0.1, 0.15) is 0 Å². The van der Waals surface area contributed by atoms with Gasteiger partial charge in [0, 0.05) is 32.0 Å². The van der Waals surface area contributed by atoms with Crippen LogP contribution in [0.15, 0.2) is 85.2 Å². The third-order valence-corrected chi connectivity index (χ3v) is 6.92. The number of hydroxylamine groups is 2. The molecule has 2 aromatic heterocycles. The highest BCUT2D eigenvalue weighted by molar-refractivity contribution is 5.98. The van der Waals surface area contributed by atoms with Crippen LogP contribution in [0.5, 0.6) is 0 Å². The first-order valence-electron chi connectivity index (χ1n) is 12.7. The normalized spacial score (nSPS) is 14.8. The maximum absolute atomic E-state index is 13.4. The van der Waals surface area contributed by atoms with Crippen LogP contribution in [0.2, 0.25) is 0 Å². The molecule has 2 amide bonds. The molecule has 0 radical (unpaired) electrons. The Hall–Kier alpha value is -4.38. The Balaban J connectivity index is 1.35. The molecule has 0 saturated heterocycles. The number of aliphatic hydroxyl groups excluding tert-OH is 1. The van der Waals surface area contributed by atoms with Gasteiger partial charge in [-0.15, -0.1) is 0 Å². The number of fused-ring (bicyclic) bond motifs is 1.